The highest BCUT2D eigenvalue weighted by Crippen LogP contribution is 2.34. The summed E-state index contributed by atoms with van der Waals surface area (Å²) in [6.45, 7) is 6.82. The molecule has 0 saturated carbocycles. The second kappa shape index (κ2) is 8.94. The molecule has 1 heterocycles. The molecule has 0 bridgehead atoms. The maximum atomic E-state index is 12.5. The SMILES string of the molecule is COc1cc(/C=C2/SC(=O)N(CC(=O)OC(C)C)C2=O)ccc1OC(C)C. The lowest BCUT2D eigenvalue weighted by Crippen LogP contribution is -2.35. The summed E-state index contributed by atoms with van der Waals surface area (Å²) in [7, 11) is 1.53. The first-order chi connectivity index (χ1) is 12.7. The van der Waals surface area contributed by atoms with Crippen LogP contribution in [0.15, 0.2) is 23.1 Å². The Morgan fingerprint density at radius 1 is 1.15 bits per heavy atom. The molecule has 0 unspecified atom stereocenters. The smallest absolute Gasteiger partial charge is 0.326 e. The van der Waals surface area contributed by atoms with Gasteiger partial charge in [-0.2, -0.15) is 0 Å². The van der Waals surface area contributed by atoms with Gasteiger partial charge in [0.25, 0.3) is 11.1 Å². The molecule has 0 spiro atoms. The zero-order valence-corrected chi connectivity index (χ0v) is 16.8. The average molecular weight is 393 g/mol. The predicted octanol–water partition coefficient (Wildman–Crippen LogP) is 3.47. The third-order valence-electron chi connectivity index (χ3n) is 3.38. The van der Waals surface area contributed by atoms with Crippen molar-refractivity contribution in [2.45, 2.75) is 39.9 Å². The molecule has 146 valence electrons. The predicted molar refractivity (Wildman–Crippen MR) is 103 cm³/mol. The van der Waals surface area contributed by atoms with E-state index in [1.54, 1.807) is 38.1 Å². The Balaban J connectivity index is 2.18. The summed E-state index contributed by atoms with van der Waals surface area (Å²) >= 11 is 0.785. The minimum absolute atomic E-state index is 0.00755. The van der Waals surface area contributed by atoms with E-state index in [4.69, 9.17) is 14.2 Å². The number of benzene rings is 1. The maximum Gasteiger partial charge on any atom is 0.326 e. The zero-order valence-electron chi connectivity index (χ0n) is 16.0. The van der Waals surface area contributed by atoms with Gasteiger partial charge in [-0.1, -0.05) is 6.07 Å². The normalized spacial score (nSPS) is 15.8. The number of carbonyl (C=O) groups excluding carboxylic acids is 3. The van der Waals surface area contributed by atoms with Crippen LogP contribution in [0.4, 0.5) is 4.79 Å². The van der Waals surface area contributed by atoms with Crippen molar-refractivity contribution < 1.29 is 28.6 Å². The van der Waals surface area contributed by atoms with E-state index < -0.39 is 23.7 Å². The van der Waals surface area contributed by atoms with Crippen LogP contribution in [-0.4, -0.2) is 47.9 Å². The fourth-order valence-corrected chi connectivity index (χ4v) is 3.18. The van der Waals surface area contributed by atoms with Crippen LogP contribution in [0, 0.1) is 0 Å². The number of amides is 2. The summed E-state index contributed by atoms with van der Waals surface area (Å²) in [5.74, 6) is -0.0241. The van der Waals surface area contributed by atoms with E-state index in [0.29, 0.717) is 17.1 Å². The molecule has 1 aromatic rings. The Bertz CT molecular complexity index is 771. The van der Waals surface area contributed by atoms with Crippen LogP contribution in [0.1, 0.15) is 33.3 Å². The number of imide groups is 1. The molecule has 8 heteroatoms. The van der Waals surface area contributed by atoms with Gasteiger partial charge < -0.3 is 14.2 Å². The molecule has 1 aromatic carbocycles. The van der Waals surface area contributed by atoms with E-state index in [9.17, 15) is 14.4 Å². The zero-order chi connectivity index (χ0) is 20.1. The molecular formula is C19H23NO6S. The van der Waals surface area contributed by atoms with Crippen LogP contribution in [0.2, 0.25) is 0 Å². The summed E-state index contributed by atoms with van der Waals surface area (Å²) in [6, 6.07) is 5.23. The van der Waals surface area contributed by atoms with Crippen LogP contribution in [0.3, 0.4) is 0 Å². The van der Waals surface area contributed by atoms with Gasteiger partial charge in [0.05, 0.1) is 24.2 Å². The van der Waals surface area contributed by atoms with E-state index in [0.717, 1.165) is 16.7 Å². The standard InChI is InChI=1S/C19H23NO6S/c1-11(2)25-14-7-6-13(8-15(14)24-5)9-16-18(22)20(19(23)27-16)10-17(21)26-12(3)4/h6-9,11-12H,10H2,1-5H3/b16-9+. The molecule has 2 amide bonds. The first-order valence-corrected chi connectivity index (χ1v) is 9.32. The Labute approximate surface area is 162 Å². The highest BCUT2D eigenvalue weighted by atomic mass is 32.2. The van der Waals surface area contributed by atoms with E-state index in [1.165, 1.54) is 7.11 Å². The van der Waals surface area contributed by atoms with Gasteiger partial charge in [-0.05, 0) is 63.2 Å². The van der Waals surface area contributed by atoms with Crippen molar-refractivity contribution in [1.82, 2.24) is 4.90 Å². The van der Waals surface area contributed by atoms with E-state index >= 15 is 0 Å². The Morgan fingerprint density at radius 3 is 2.44 bits per heavy atom. The molecule has 1 fully saturated rings. The molecule has 7 nitrogen and oxygen atoms in total. The van der Waals surface area contributed by atoms with Gasteiger partial charge in [-0.25, -0.2) is 0 Å². The molecule has 1 saturated heterocycles. The quantitative estimate of drug-likeness (QED) is 0.518. The van der Waals surface area contributed by atoms with Gasteiger partial charge in [-0.3, -0.25) is 19.3 Å². The van der Waals surface area contributed by atoms with Crippen molar-refractivity contribution in [3.8, 4) is 11.5 Å². The molecule has 0 N–H and O–H groups in total. The van der Waals surface area contributed by atoms with Gasteiger partial charge >= 0.3 is 5.97 Å². The van der Waals surface area contributed by atoms with Crippen molar-refractivity contribution in [3.63, 3.8) is 0 Å². The highest BCUT2D eigenvalue weighted by molar-refractivity contribution is 8.18. The van der Waals surface area contributed by atoms with Gasteiger partial charge in [0.2, 0.25) is 0 Å². The second-order valence-electron chi connectivity index (χ2n) is 6.38. The van der Waals surface area contributed by atoms with Crippen LogP contribution in [0.5, 0.6) is 11.5 Å². The number of carbonyl (C=O) groups is 3. The first-order valence-electron chi connectivity index (χ1n) is 8.50. The van der Waals surface area contributed by atoms with Crippen LogP contribution >= 0.6 is 11.8 Å². The van der Waals surface area contributed by atoms with Crippen molar-refractivity contribution in [2.75, 3.05) is 13.7 Å². The summed E-state index contributed by atoms with van der Waals surface area (Å²) in [5, 5.41) is -0.501. The van der Waals surface area contributed by atoms with Gasteiger partial charge in [0.15, 0.2) is 11.5 Å². The molecule has 0 atom stereocenters. The van der Waals surface area contributed by atoms with Crippen LogP contribution in [-0.2, 0) is 14.3 Å². The Morgan fingerprint density at radius 2 is 1.85 bits per heavy atom. The lowest BCUT2D eigenvalue weighted by molar-refractivity contribution is -0.149. The average Bonchev–Trinajstić information content (AvgIpc) is 2.82. The van der Waals surface area contributed by atoms with E-state index in [2.05, 4.69) is 0 Å². The first kappa shape index (κ1) is 20.8. The highest BCUT2D eigenvalue weighted by Gasteiger charge is 2.36. The van der Waals surface area contributed by atoms with Crippen molar-refractivity contribution in [3.05, 3.63) is 28.7 Å². The number of esters is 1. The monoisotopic (exact) mass is 393 g/mol. The second-order valence-corrected chi connectivity index (χ2v) is 7.38. The lowest BCUT2D eigenvalue weighted by atomic mass is 10.2. The molecule has 0 aliphatic carbocycles. The Kier molecular flexibility index (Phi) is 6.90. The summed E-state index contributed by atoms with van der Waals surface area (Å²) in [4.78, 5) is 37.4. The number of hydrogen-bond acceptors (Lipinski definition) is 7. The fraction of sp³-hybridized carbons (Fsp3) is 0.421. The van der Waals surface area contributed by atoms with Crippen molar-refractivity contribution in [1.29, 1.82) is 0 Å². The third-order valence-corrected chi connectivity index (χ3v) is 4.28. The summed E-state index contributed by atoms with van der Waals surface area (Å²) < 4.78 is 16.0. The van der Waals surface area contributed by atoms with E-state index in [1.807, 2.05) is 13.8 Å². The molecule has 1 aliphatic heterocycles. The summed E-state index contributed by atoms with van der Waals surface area (Å²) in [6.07, 6.45) is 1.26. The van der Waals surface area contributed by atoms with Crippen LogP contribution < -0.4 is 9.47 Å². The number of hydrogen-bond donors (Lipinski definition) is 0. The van der Waals surface area contributed by atoms with Crippen LogP contribution in [0.25, 0.3) is 6.08 Å². The summed E-state index contributed by atoms with van der Waals surface area (Å²) in [5.41, 5.74) is 0.679. The van der Waals surface area contributed by atoms with Crippen molar-refractivity contribution >= 4 is 35.0 Å². The number of ether oxygens (including phenoxy) is 3. The molecular weight excluding hydrogens is 370 g/mol. The molecule has 2 rings (SSSR count). The number of methoxy groups -OCH3 is 1. The molecule has 27 heavy (non-hydrogen) atoms. The van der Waals surface area contributed by atoms with E-state index in [-0.39, 0.29) is 17.1 Å². The van der Waals surface area contributed by atoms with Gasteiger partial charge in [-0.15, -0.1) is 0 Å². The minimum atomic E-state index is -0.620. The number of thioether (sulfide) groups is 1. The minimum Gasteiger partial charge on any atom is -0.493 e. The maximum absolute atomic E-state index is 12.5. The number of nitrogens with zero attached hydrogens (tertiary/aromatic N) is 1. The molecule has 1 aliphatic rings. The molecule has 0 radical (unpaired) electrons. The molecule has 0 aromatic heterocycles. The topological polar surface area (TPSA) is 82.1 Å². The third kappa shape index (κ3) is 5.50. The number of rotatable bonds is 7. The van der Waals surface area contributed by atoms with Gasteiger partial charge in [0, 0.05) is 0 Å². The largest absolute Gasteiger partial charge is 0.493 e. The lowest BCUT2D eigenvalue weighted by Gasteiger charge is -2.14. The van der Waals surface area contributed by atoms with Crippen molar-refractivity contribution in [2.24, 2.45) is 0 Å². The fourth-order valence-electron chi connectivity index (χ4n) is 2.34. The van der Waals surface area contributed by atoms with Gasteiger partial charge in [0.1, 0.15) is 6.54 Å². The Hall–Kier alpha value is -2.48.